The Kier molecular flexibility index (Phi) is 2.48. The minimum atomic E-state index is 0.656. The van der Waals surface area contributed by atoms with Gasteiger partial charge >= 0.3 is 0 Å². The molecule has 1 saturated carbocycles. The molecule has 0 bridgehead atoms. The Morgan fingerprint density at radius 3 is 2.93 bits per heavy atom. The standard InChI is InChI=1S/C11H19N3/c1-8(2)7-14-5-4-12-11(14)13-10-6-9(10)3/h4-5,8-10H,6-7H2,1-3H3,(H,12,13). The molecule has 1 fully saturated rings. The van der Waals surface area contributed by atoms with Crippen LogP contribution in [0, 0.1) is 11.8 Å². The molecule has 1 heterocycles. The van der Waals surface area contributed by atoms with E-state index in [0.717, 1.165) is 18.4 Å². The number of hydrogen-bond donors (Lipinski definition) is 1. The van der Waals surface area contributed by atoms with Crippen LogP contribution in [0.3, 0.4) is 0 Å². The highest BCUT2D eigenvalue weighted by Gasteiger charge is 2.33. The van der Waals surface area contributed by atoms with E-state index >= 15 is 0 Å². The Morgan fingerprint density at radius 1 is 1.64 bits per heavy atom. The van der Waals surface area contributed by atoms with Gasteiger partial charge in [-0.15, -0.1) is 0 Å². The zero-order chi connectivity index (χ0) is 10.1. The zero-order valence-electron chi connectivity index (χ0n) is 9.20. The number of hydrogen-bond acceptors (Lipinski definition) is 2. The molecule has 2 atom stereocenters. The van der Waals surface area contributed by atoms with Gasteiger partial charge < -0.3 is 9.88 Å². The molecule has 1 aliphatic rings. The largest absolute Gasteiger partial charge is 0.353 e. The average molecular weight is 193 g/mol. The molecule has 0 amide bonds. The van der Waals surface area contributed by atoms with Crippen LogP contribution in [0.25, 0.3) is 0 Å². The van der Waals surface area contributed by atoms with E-state index in [1.807, 2.05) is 6.20 Å². The maximum atomic E-state index is 4.34. The summed E-state index contributed by atoms with van der Waals surface area (Å²) >= 11 is 0. The number of rotatable bonds is 4. The Bertz CT molecular complexity index is 303. The zero-order valence-corrected chi connectivity index (χ0v) is 9.20. The fraction of sp³-hybridized carbons (Fsp3) is 0.727. The lowest BCUT2D eigenvalue weighted by atomic mass is 10.2. The molecule has 1 N–H and O–H groups in total. The van der Waals surface area contributed by atoms with Crippen LogP contribution in [-0.2, 0) is 6.54 Å². The summed E-state index contributed by atoms with van der Waals surface area (Å²) in [5.41, 5.74) is 0. The minimum absolute atomic E-state index is 0.656. The lowest BCUT2D eigenvalue weighted by Crippen LogP contribution is -2.12. The van der Waals surface area contributed by atoms with Gasteiger partial charge in [0.1, 0.15) is 0 Å². The lowest BCUT2D eigenvalue weighted by molar-refractivity contribution is 0.526. The van der Waals surface area contributed by atoms with Gasteiger partial charge in [0, 0.05) is 25.0 Å². The summed E-state index contributed by atoms with van der Waals surface area (Å²) in [4.78, 5) is 4.34. The van der Waals surface area contributed by atoms with Crippen molar-refractivity contribution in [2.45, 2.75) is 39.8 Å². The van der Waals surface area contributed by atoms with E-state index < -0.39 is 0 Å². The third-order valence-electron chi connectivity index (χ3n) is 2.70. The molecule has 1 aliphatic carbocycles. The Labute approximate surface area is 85.5 Å². The maximum absolute atomic E-state index is 4.34. The molecule has 0 aliphatic heterocycles. The van der Waals surface area contributed by atoms with E-state index in [1.54, 1.807) is 0 Å². The fourth-order valence-electron chi connectivity index (χ4n) is 1.68. The monoisotopic (exact) mass is 193 g/mol. The first-order valence-electron chi connectivity index (χ1n) is 5.44. The van der Waals surface area contributed by atoms with Gasteiger partial charge in [-0.25, -0.2) is 4.98 Å². The van der Waals surface area contributed by atoms with Crippen LogP contribution >= 0.6 is 0 Å². The molecule has 0 aromatic carbocycles. The van der Waals surface area contributed by atoms with Crippen LogP contribution in [0.5, 0.6) is 0 Å². The molecule has 3 heteroatoms. The smallest absolute Gasteiger partial charge is 0.203 e. The minimum Gasteiger partial charge on any atom is -0.353 e. The molecule has 14 heavy (non-hydrogen) atoms. The van der Waals surface area contributed by atoms with Crippen molar-refractivity contribution >= 4 is 5.95 Å². The molecule has 2 rings (SSSR count). The molecular formula is C11H19N3. The molecule has 2 unspecified atom stereocenters. The van der Waals surface area contributed by atoms with Gasteiger partial charge in [-0.2, -0.15) is 0 Å². The molecule has 3 nitrogen and oxygen atoms in total. The van der Waals surface area contributed by atoms with E-state index in [0.29, 0.717) is 12.0 Å². The second-order valence-electron chi connectivity index (χ2n) is 4.76. The summed E-state index contributed by atoms with van der Waals surface area (Å²) in [6.45, 7) is 7.77. The van der Waals surface area contributed by atoms with Crippen molar-refractivity contribution in [3.05, 3.63) is 12.4 Å². The first-order chi connectivity index (χ1) is 6.66. The van der Waals surface area contributed by atoms with Crippen molar-refractivity contribution in [1.82, 2.24) is 9.55 Å². The SMILES string of the molecule is CC(C)Cn1ccnc1NC1CC1C. The second-order valence-corrected chi connectivity index (χ2v) is 4.76. The maximum Gasteiger partial charge on any atom is 0.203 e. The van der Waals surface area contributed by atoms with Gasteiger partial charge in [0.2, 0.25) is 5.95 Å². The van der Waals surface area contributed by atoms with Crippen LogP contribution in [0.15, 0.2) is 12.4 Å². The van der Waals surface area contributed by atoms with E-state index in [2.05, 4.69) is 41.8 Å². The number of nitrogens with zero attached hydrogens (tertiary/aromatic N) is 2. The van der Waals surface area contributed by atoms with Crippen molar-refractivity contribution in [3.63, 3.8) is 0 Å². The van der Waals surface area contributed by atoms with Gasteiger partial charge in [-0.3, -0.25) is 0 Å². The van der Waals surface area contributed by atoms with Crippen molar-refractivity contribution in [3.8, 4) is 0 Å². The van der Waals surface area contributed by atoms with Crippen LogP contribution < -0.4 is 5.32 Å². The molecule has 0 spiro atoms. The number of anilines is 1. The summed E-state index contributed by atoms with van der Waals surface area (Å²) in [6.07, 6.45) is 5.21. The van der Waals surface area contributed by atoms with Crippen LogP contribution in [0.4, 0.5) is 5.95 Å². The molecular weight excluding hydrogens is 174 g/mol. The second kappa shape index (κ2) is 3.64. The van der Waals surface area contributed by atoms with E-state index in [1.165, 1.54) is 6.42 Å². The number of aromatic nitrogens is 2. The molecule has 78 valence electrons. The highest BCUT2D eigenvalue weighted by atomic mass is 15.2. The Morgan fingerprint density at radius 2 is 2.36 bits per heavy atom. The molecule has 1 aromatic rings. The van der Waals surface area contributed by atoms with Gasteiger partial charge in [-0.05, 0) is 18.3 Å². The third kappa shape index (κ3) is 2.08. The van der Waals surface area contributed by atoms with E-state index in [-0.39, 0.29) is 0 Å². The first kappa shape index (κ1) is 9.56. The van der Waals surface area contributed by atoms with Gasteiger partial charge in [0.25, 0.3) is 0 Å². The number of nitrogens with one attached hydrogen (secondary N) is 1. The van der Waals surface area contributed by atoms with E-state index in [9.17, 15) is 0 Å². The van der Waals surface area contributed by atoms with Crippen molar-refractivity contribution in [1.29, 1.82) is 0 Å². The van der Waals surface area contributed by atoms with Crippen molar-refractivity contribution in [2.75, 3.05) is 5.32 Å². The Balaban J connectivity index is 1.98. The lowest BCUT2D eigenvalue weighted by Gasteiger charge is -2.11. The third-order valence-corrected chi connectivity index (χ3v) is 2.70. The molecule has 1 aromatic heterocycles. The quantitative estimate of drug-likeness (QED) is 0.795. The van der Waals surface area contributed by atoms with Crippen LogP contribution in [-0.4, -0.2) is 15.6 Å². The summed E-state index contributed by atoms with van der Waals surface area (Å²) in [6, 6.07) is 0.656. The van der Waals surface area contributed by atoms with Crippen molar-refractivity contribution in [2.24, 2.45) is 11.8 Å². The highest BCUT2D eigenvalue weighted by Crippen LogP contribution is 2.32. The first-order valence-corrected chi connectivity index (χ1v) is 5.44. The highest BCUT2D eigenvalue weighted by molar-refractivity contribution is 5.30. The van der Waals surface area contributed by atoms with Gasteiger partial charge in [0.05, 0.1) is 0 Å². The summed E-state index contributed by atoms with van der Waals surface area (Å²) in [5.74, 6) is 2.52. The summed E-state index contributed by atoms with van der Waals surface area (Å²) in [5, 5.41) is 3.47. The van der Waals surface area contributed by atoms with E-state index in [4.69, 9.17) is 0 Å². The normalized spacial score (nSPS) is 25.4. The average Bonchev–Trinajstić information content (AvgIpc) is 2.58. The number of imidazole rings is 1. The van der Waals surface area contributed by atoms with Gasteiger partial charge in [-0.1, -0.05) is 20.8 Å². The van der Waals surface area contributed by atoms with Gasteiger partial charge in [0.15, 0.2) is 0 Å². The van der Waals surface area contributed by atoms with Crippen molar-refractivity contribution < 1.29 is 0 Å². The predicted molar refractivity (Wildman–Crippen MR) is 58.3 cm³/mol. The fourth-order valence-corrected chi connectivity index (χ4v) is 1.68. The molecule has 0 radical (unpaired) electrons. The van der Waals surface area contributed by atoms with Crippen LogP contribution in [0.2, 0.25) is 0 Å². The topological polar surface area (TPSA) is 29.9 Å². The Hall–Kier alpha value is -0.990. The summed E-state index contributed by atoms with van der Waals surface area (Å²) < 4.78 is 2.20. The predicted octanol–water partition coefficient (Wildman–Crippen LogP) is 2.36. The summed E-state index contributed by atoms with van der Waals surface area (Å²) in [7, 11) is 0. The van der Waals surface area contributed by atoms with Crippen LogP contribution in [0.1, 0.15) is 27.2 Å². The molecule has 0 saturated heterocycles.